The summed E-state index contributed by atoms with van der Waals surface area (Å²) in [5, 5.41) is 2.92. The van der Waals surface area contributed by atoms with Gasteiger partial charge in [0.05, 0.1) is 18.2 Å². The lowest BCUT2D eigenvalue weighted by molar-refractivity contribution is -0.138. The number of hydrogen-bond acceptors (Lipinski definition) is 5. The molecule has 0 aromatic heterocycles. The van der Waals surface area contributed by atoms with Crippen molar-refractivity contribution in [3.63, 3.8) is 0 Å². The van der Waals surface area contributed by atoms with Crippen LogP contribution in [0.15, 0.2) is 0 Å². The average Bonchev–Trinajstić information content (AvgIpc) is 2.47. The zero-order valence-electron chi connectivity index (χ0n) is 10.1. The van der Waals surface area contributed by atoms with Gasteiger partial charge in [0.2, 0.25) is 11.8 Å². The number of likely N-dealkylation sites (tertiary alicyclic amines) is 1. The third kappa shape index (κ3) is 4.08. The van der Waals surface area contributed by atoms with Crippen LogP contribution in [0.4, 0.5) is 0 Å². The Hall–Kier alpha value is -0.950. The van der Waals surface area contributed by atoms with Gasteiger partial charge in [-0.1, -0.05) is 0 Å². The Balaban J connectivity index is 2.34. The van der Waals surface area contributed by atoms with Gasteiger partial charge < -0.3 is 5.32 Å². The predicted molar refractivity (Wildman–Crippen MR) is 63.1 cm³/mol. The van der Waals surface area contributed by atoms with Crippen LogP contribution in [0.1, 0.15) is 19.8 Å². The number of sulfone groups is 1. The van der Waals surface area contributed by atoms with E-state index < -0.39 is 15.9 Å². The molecular formula is C10H18N2O4S. The van der Waals surface area contributed by atoms with Crippen molar-refractivity contribution in [2.24, 2.45) is 0 Å². The van der Waals surface area contributed by atoms with Gasteiger partial charge in [-0.3, -0.25) is 14.5 Å². The van der Waals surface area contributed by atoms with Crippen LogP contribution in [0.5, 0.6) is 0 Å². The molecule has 0 aliphatic carbocycles. The van der Waals surface area contributed by atoms with E-state index in [4.69, 9.17) is 0 Å². The van der Waals surface area contributed by atoms with E-state index in [2.05, 4.69) is 5.32 Å². The number of rotatable bonds is 6. The highest BCUT2D eigenvalue weighted by atomic mass is 32.2. The molecule has 1 aliphatic heterocycles. The highest BCUT2D eigenvalue weighted by molar-refractivity contribution is 7.90. The van der Waals surface area contributed by atoms with Gasteiger partial charge in [0.15, 0.2) is 0 Å². The molecule has 0 saturated carbocycles. The van der Waals surface area contributed by atoms with Gasteiger partial charge in [0.1, 0.15) is 9.84 Å². The number of likely N-dealkylation sites (N-methyl/N-ethyl adjacent to an activating group) is 1. The van der Waals surface area contributed by atoms with Crippen LogP contribution < -0.4 is 5.32 Å². The molecule has 0 aromatic rings. The Morgan fingerprint density at radius 2 is 2.06 bits per heavy atom. The maximum Gasteiger partial charge on any atom is 0.246 e. The van der Waals surface area contributed by atoms with E-state index in [0.717, 1.165) is 0 Å². The van der Waals surface area contributed by atoms with Crippen molar-refractivity contribution in [3.8, 4) is 0 Å². The number of hydrogen-bond donors (Lipinski definition) is 1. The lowest BCUT2D eigenvalue weighted by atomic mass is 10.2. The molecule has 0 aromatic carbocycles. The molecule has 1 unspecified atom stereocenters. The Kier molecular flexibility index (Phi) is 4.64. The Labute approximate surface area is 101 Å². The summed E-state index contributed by atoms with van der Waals surface area (Å²) in [6.45, 7) is 2.56. The molecule has 1 heterocycles. The monoisotopic (exact) mass is 262 g/mol. The molecule has 1 aliphatic rings. The van der Waals surface area contributed by atoms with E-state index in [9.17, 15) is 18.0 Å². The Morgan fingerprint density at radius 1 is 1.41 bits per heavy atom. The van der Waals surface area contributed by atoms with Gasteiger partial charge in [-0.2, -0.15) is 0 Å². The number of amides is 2. The van der Waals surface area contributed by atoms with Crippen molar-refractivity contribution >= 4 is 21.7 Å². The summed E-state index contributed by atoms with van der Waals surface area (Å²) in [4.78, 5) is 24.3. The number of nitrogens with one attached hydrogen (secondary N) is 1. The van der Waals surface area contributed by atoms with Crippen molar-refractivity contribution < 1.29 is 18.0 Å². The summed E-state index contributed by atoms with van der Waals surface area (Å²) in [5.74, 6) is -0.290. The van der Waals surface area contributed by atoms with Gasteiger partial charge >= 0.3 is 0 Å². The first-order chi connectivity index (χ1) is 7.85. The first-order valence-corrected chi connectivity index (χ1v) is 7.66. The summed E-state index contributed by atoms with van der Waals surface area (Å²) in [6, 6.07) is -0.484. The number of carbonyl (C=O) groups is 2. The number of carbonyl (C=O) groups excluding carboxylic acids is 2. The molecule has 1 saturated heterocycles. The minimum atomic E-state index is -2.96. The first kappa shape index (κ1) is 14.1. The minimum Gasteiger partial charge on any atom is -0.305 e. The van der Waals surface area contributed by atoms with Crippen LogP contribution in [-0.2, 0) is 19.4 Å². The summed E-state index contributed by atoms with van der Waals surface area (Å²) >= 11 is 0. The molecule has 0 bridgehead atoms. The predicted octanol–water partition coefficient (Wildman–Crippen LogP) is -0.842. The third-order valence-electron chi connectivity index (χ3n) is 2.64. The van der Waals surface area contributed by atoms with Crippen LogP contribution in [-0.4, -0.2) is 56.3 Å². The van der Waals surface area contributed by atoms with Crippen LogP contribution in [0.2, 0.25) is 0 Å². The molecule has 0 radical (unpaired) electrons. The third-order valence-corrected chi connectivity index (χ3v) is 3.67. The molecule has 0 spiro atoms. The standard InChI is InChI=1S/C10H18N2O4S/c1-3-12-9(13)7-8(10(12)14)11-5-4-6-17(2,15)16/h8,11H,3-7H2,1-2H3. The van der Waals surface area contributed by atoms with Gasteiger partial charge in [0, 0.05) is 12.8 Å². The van der Waals surface area contributed by atoms with Gasteiger partial charge in [-0.25, -0.2) is 8.42 Å². The minimum absolute atomic E-state index is 0.0896. The van der Waals surface area contributed by atoms with E-state index in [1.807, 2.05) is 0 Å². The van der Waals surface area contributed by atoms with E-state index in [1.54, 1.807) is 6.92 Å². The summed E-state index contributed by atoms with van der Waals surface area (Å²) in [6.07, 6.45) is 1.80. The van der Waals surface area contributed by atoms with Crippen LogP contribution in [0, 0.1) is 0 Å². The molecule has 17 heavy (non-hydrogen) atoms. The van der Waals surface area contributed by atoms with E-state index in [0.29, 0.717) is 19.5 Å². The number of imide groups is 1. The highest BCUT2D eigenvalue weighted by Gasteiger charge is 2.36. The molecule has 7 heteroatoms. The molecule has 1 atom stereocenters. The Morgan fingerprint density at radius 3 is 2.53 bits per heavy atom. The van der Waals surface area contributed by atoms with Crippen molar-refractivity contribution in [2.75, 3.05) is 25.1 Å². The van der Waals surface area contributed by atoms with E-state index in [-0.39, 0.29) is 24.0 Å². The molecular weight excluding hydrogens is 244 g/mol. The molecule has 98 valence electrons. The van der Waals surface area contributed by atoms with Gasteiger partial charge in [0.25, 0.3) is 0 Å². The van der Waals surface area contributed by atoms with Crippen LogP contribution >= 0.6 is 0 Å². The quantitative estimate of drug-likeness (QED) is 0.498. The maximum atomic E-state index is 11.7. The normalized spacial score (nSPS) is 21.3. The highest BCUT2D eigenvalue weighted by Crippen LogP contribution is 2.12. The summed E-state index contributed by atoms with van der Waals surface area (Å²) in [5.41, 5.74) is 0. The van der Waals surface area contributed by atoms with Crippen molar-refractivity contribution in [2.45, 2.75) is 25.8 Å². The molecule has 1 rings (SSSR count). The molecule has 2 amide bonds. The second-order valence-electron chi connectivity index (χ2n) is 4.17. The van der Waals surface area contributed by atoms with Crippen molar-refractivity contribution in [1.29, 1.82) is 0 Å². The van der Waals surface area contributed by atoms with Gasteiger partial charge in [-0.15, -0.1) is 0 Å². The zero-order valence-corrected chi connectivity index (χ0v) is 10.9. The smallest absolute Gasteiger partial charge is 0.246 e. The molecule has 1 fully saturated rings. The topological polar surface area (TPSA) is 83.6 Å². The lowest BCUT2D eigenvalue weighted by Crippen LogP contribution is -2.39. The average molecular weight is 262 g/mol. The largest absolute Gasteiger partial charge is 0.305 e. The van der Waals surface area contributed by atoms with Gasteiger partial charge in [-0.05, 0) is 19.9 Å². The maximum absolute atomic E-state index is 11.7. The first-order valence-electron chi connectivity index (χ1n) is 5.60. The SMILES string of the molecule is CCN1C(=O)CC(NCCCS(C)(=O)=O)C1=O. The van der Waals surface area contributed by atoms with Crippen molar-refractivity contribution in [3.05, 3.63) is 0 Å². The van der Waals surface area contributed by atoms with Crippen molar-refractivity contribution in [1.82, 2.24) is 10.2 Å². The number of nitrogens with zero attached hydrogens (tertiary/aromatic N) is 1. The summed E-state index contributed by atoms with van der Waals surface area (Å²) < 4.78 is 21.8. The zero-order chi connectivity index (χ0) is 13.1. The molecule has 1 N–H and O–H groups in total. The fraction of sp³-hybridized carbons (Fsp3) is 0.800. The lowest BCUT2D eigenvalue weighted by Gasteiger charge is -2.12. The van der Waals surface area contributed by atoms with E-state index in [1.165, 1.54) is 11.2 Å². The fourth-order valence-corrected chi connectivity index (χ4v) is 2.45. The second kappa shape index (κ2) is 5.59. The van der Waals surface area contributed by atoms with Crippen LogP contribution in [0.25, 0.3) is 0 Å². The summed E-state index contributed by atoms with van der Waals surface area (Å²) in [7, 11) is -2.96. The van der Waals surface area contributed by atoms with E-state index >= 15 is 0 Å². The Bertz CT molecular complexity index is 405. The van der Waals surface area contributed by atoms with Crippen LogP contribution in [0.3, 0.4) is 0 Å². The molecule has 6 nitrogen and oxygen atoms in total. The fourth-order valence-electron chi connectivity index (χ4n) is 1.79. The second-order valence-corrected chi connectivity index (χ2v) is 6.43.